The van der Waals surface area contributed by atoms with Gasteiger partial charge < -0.3 is 10.6 Å². The molecule has 1 amide bonds. The van der Waals surface area contributed by atoms with E-state index < -0.39 is 0 Å². The molecule has 140 valence electrons. The lowest BCUT2D eigenvalue weighted by molar-refractivity contribution is -0.114. The topological polar surface area (TPSA) is 71.3 Å². The van der Waals surface area contributed by atoms with Crippen LogP contribution in [0.2, 0.25) is 0 Å². The number of amides is 1. The molecule has 4 aromatic rings. The van der Waals surface area contributed by atoms with Crippen molar-refractivity contribution in [3.63, 3.8) is 0 Å². The molecule has 0 aliphatic carbocycles. The summed E-state index contributed by atoms with van der Waals surface area (Å²) in [6.07, 6.45) is 0. The van der Waals surface area contributed by atoms with Crippen LogP contribution in [0.4, 0.5) is 21.7 Å². The molecule has 0 aliphatic rings. The second kappa shape index (κ2) is 7.11. The summed E-state index contributed by atoms with van der Waals surface area (Å²) >= 11 is 0. The molecule has 0 unspecified atom stereocenters. The fourth-order valence-corrected chi connectivity index (χ4v) is 2.95. The number of aromatic nitrogens is 3. The van der Waals surface area contributed by atoms with Crippen LogP contribution in [0.5, 0.6) is 0 Å². The third kappa shape index (κ3) is 3.55. The summed E-state index contributed by atoms with van der Waals surface area (Å²) < 4.78 is 15.3. The fourth-order valence-electron chi connectivity index (χ4n) is 2.95. The maximum absolute atomic E-state index is 13.6. The van der Waals surface area contributed by atoms with E-state index in [1.54, 1.807) is 35.7 Å². The molecule has 0 fully saturated rings. The van der Waals surface area contributed by atoms with Crippen molar-refractivity contribution in [3.05, 3.63) is 72.0 Å². The summed E-state index contributed by atoms with van der Waals surface area (Å²) in [4.78, 5) is 15.6. The van der Waals surface area contributed by atoms with Gasteiger partial charge in [0.25, 0.3) is 0 Å². The van der Waals surface area contributed by atoms with E-state index >= 15 is 0 Å². The standard InChI is InChI=1S/C21H18FN5O/c1-13-12-15(6-11-18(13)22)19-4-3-5-20-25-21(26-27(19)20)24-17-9-7-16(8-10-17)23-14(2)28/h3-12H,1-2H3,(H,23,28)(H,24,26). The zero-order valence-corrected chi connectivity index (χ0v) is 15.4. The number of carbonyl (C=O) groups excluding carboxylic acids is 1. The Morgan fingerprint density at radius 2 is 1.79 bits per heavy atom. The summed E-state index contributed by atoms with van der Waals surface area (Å²) in [5.74, 6) is 0.0874. The molecule has 0 saturated carbocycles. The van der Waals surface area contributed by atoms with Crippen molar-refractivity contribution >= 4 is 28.9 Å². The monoisotopic (exact) mass is 375 g/mol. The van der Waals surface area contributed by atoms with Gasteiger partial charge in [-0.2, -0.15) is 4.98 Å². The largest absolute Gasteiger partial charge is 0.326 e. The van der Waals surface area contributed by atoms with E-state index in [1.165, 1.54) is 13.0 Å². The van der Waals surface area contributed by atoms with Crippen LogP contribution in [0.3, 0.4) is 0 Å². The van der Waals surface area contributed by atoms with Gasteiger partial charge >= 0.3 is 0 Å². The summed E-state index contributed by atoms with van der Waals surface area (Å²) in [5.41, 5.74) is 4.45. The average Bonchev–Trinajstić information content (AvgIpc) is 3.07. The van der Waals surface area contributed by atoms with Crippen LogP contribution in [-0.2, 0) is 4.79 Å². The van der Waals surface area contributed by atoms with Gasteiger partial charge in [-0.25, -0.2) is 8.91 Å². The molecule has 0 saturated heterocycles. The number of anilines is 3. The SMILES string of the molecule is CC(=O)Nc1ccc(Nc2nc3cccc(-c4ccc(F)c(C)c4)n3n2)cc1. The highest BCUT2D eigenvalue weighted by molar-refractivity contribution is 5.88. The van der Waals surface area contributed by atoms with Crippen molar-refractivity contribution in [1.29, 1.82) is 0 Å². The van der Waals surface area contributed by atoms with Gasteiger partial charge in [-0.15, -0.1) is 5.10 Å². The molecule has 2 aromatic heterocycles. The van der Waals surface area contributed by atoms with Gasteiger partial charge in [0.1, 0.15) is 5.82 Å². The number of nitrogens with one attached hydrogen (secondary N) is 2. The molecule has 2 heterocycles. The van der Waals surface area contributed by atoms with Crippen LogP contribution >= 0.6 is 0 Å². The molecule has 0 atom stereocenters. The van der Waals surface area contributed by atoms with E-state index in [9.17, 15) is 9.18 Å². The lowest BCUT2D eigenvalue weighted by Crippen LogP contribution is -2.05. The number of fused-ring (bicyclic) bond motifs is 1. The number of pyridine rings is 1. The fraction of sp³-hybridized carbons (Fsp3) is 0.0952. The quantitative estimate of drug-likeness (QED) is 0.549. The number of rotatable bonds is 4. The van der Waals surface area contributed by atoms with E-state index in [0.29, 0.717) is 17.2 Å². The van der Waals surface area contributed by atoms with Crippen molar-refractivity contribution in [1.82, 2.24) is 14.6 Å². The Bertz CT molecular complexity index is 1170. The first-order chi connectivity index (χ1) is 13.5. The van der Waals surface area contributed by atoms with Crippen molar-refractivity contribution in [2.24, 2.45) is 0 Å². The van der Waals surface area contributed by atoms with Gasteiger partial charge in [0.2, 0.25) is 11.9 Å². The minimum Gasteiger partial charge on any atom is -0.326 e. The van der Waals surface area contributed by atoms with Gasteiger partial charge in [-0.05, 0) is 67.1 Å². The van der Waals surface area contributed by atoms with Crippen LogP contribution in [0.25, 0.3) is 16.9 Å². The number of nitrogens with zero attached hydrogens (tertiary/aromatic N) is 3. The molecular weight excluding hydrogens is 357 g/mol. The van der Waals surface area contributed by atoms with Crippen molar-refractivity contribution in [3.8, 4) is 11.3 Å². The predicted molar refractivity (Wildman–Crippen MR) is 107 cm³/mol. The van der Waals surface area contributed by atoms with Crippen molar-refractivity contribution in [2.75, 3.05) is 10.6 Å². The summed E-state index contributed by atoms with van der Waals surface area (Å²) in [6, 6.07) is 17.9. The van der Waals surface area contributed by atoms with Gasteiger partial charge in [-0.1, -0.05) is 6.07 Å². The maximum Gasteiger partial charge on any atom is 0.247 e. The Balaban J connectivity index is 1.65. The second-order valence-corrected chi connectivity index (χ2v) is 6.46. The zero-order chi connectivity index (χ0) is 19.7. The summed E-state index contributed by atoms with van der Waals surface area (Å²) in [5, 5.41) is 10.4. The summed E-state index contributed by atoms with van der Waals surface area (Å²) in [6.45, 7) is 3.20. The maximum atomic E-state index is 13.6. The first-order valence-corrected chi connectivity index (χ1v) is 8.76. The lowest BCUT2D eigenvalue weighted by Gasteiger charge is -2.06. The van der Waals surface area contributed by atoms with Gasteiger partial charge in [-0.3, -0.25) is 4.79 Å². The number of aryl methyl sites for hydroxylation is 1. The molecule has 2 N–H and O–H groups in total. The number of halogens is 1. The van der Waals surface area contributed by atoms with Gasteiger partial charge in [0, 0.05) is 23.9 Å². The smallest absolute Gasteiger partial charge is 0.247 e. The highest BCUT2D eigenvalue weighted by atomic mass is 19.1. The van der Waals surface area contributed by atoms with E-state index in [2.05, 4.69) is 20.7 Å². The third-order valence-corrected chi connectivity index (χ3v) is 4.27. The molecule has 0 spiro atoms. The molecule has 0 bridgehead atoms. The van der Waals surface area contributed by atoms with Crippen LogP contribution in [0.1, 0.15) is 12.5 Å². The highest BCUT2D eigenvalue weighted by Crippen LogP contribution is 2.24. The van der Waals surface area contributed by atoms with Crippen molar-refractivity contribution in [2.45, 2.75) is 13.8 Å². The third-order valence-electron chi connectivity index (χ3n) is 4.27. The Kier molecular flexibility index (Phi) is 4.49. The minimum atomic E-state index is -0.236. The zero-order valence-electron chi connectivity index (χ0n) is 15.4. The summed E-state index contributed by atoms with van der Waals surface area (Å²) in [7, 11) is 0. The van der Waals surface area contributed by atoms with Crippen molar-refractivity contribution < 1.29 is 9.18 Å². The Hall–Kier alpha value is -3.74. The second-order valence-electron chi connectivity index (χ2n) is 6.46. The van der Waals surface area contributed by atoms with E-state index in [-0.39, 0.29) is 11.7 Å². The molecule has 0 aliphatic heterocycles. The molecule has 0 radical (unpaired) electrons. The molecule has 28 heavy (non-hydrogen) atoms. The number of benzene rings is 2. The molecule has 2 aromatic carbocycles. The molecule has 6 nitrogen and oxygen atoms in total. The normalized spacial score (nSPS) is 10.8. The van der Waals surface area contributed by atoms with Crippen LogP contribution < -0.4 is 10.6 Å². The van der Waals surface area contributed by atoms with Crippen LogP contribution in [-0.4, -0.2) is 20.5 Å². The average molecular weight is 375 g/mol. The first kappa shape index (κ1) is 17.7. The Labute approximate surface area is 161 Å². The number of hydrogen-bond donors (Lipinski definition) is 2. The van der Waals surface area contributed by atoms with E-state index in [1.807, 2.05) is 30.3 Å². The molecule has 4 rings (SSSR count). The lowest BCUT2D eigenvalue weighted by atomic mass is 10.1. The Morgan fingerprint density at radius 3 is 2.50 bits per heavy atom. The first-order valence-electron chi connectivity index (χ1n) is 8.76. The molecular formula is C21H18FN5O. The van der Waals surface area contributed by atoms with Crippen LogP contribution in [0, 0.1) is 12.7 Å². The highest BCUT2D eigenvalue weighted by Gasteiger charge is 2.10. The Morgan fingerprint density at radius 1 is 1.04 bits per heavy atom. The molecule has 7 heteroatoms. The van der Waals surface area contributed by atoms with Crippen LogP contribution in [0.15, 0.2) is 60.7 Å². The minimum absolute atomic E-state index is 0.119. The number of hydrogen-bond acceptors (Lipinski definition) is 4. The van der Waals surface area contributed by atoms with Gasteiger partial charge in [0.05, 0.1) is 5.69 Å². The van der Waals surface area contributed by atoms with E-state index in [4.69, 9.17) is 0 Å². The predicted octanol–water partition coefficient (Wildman–Crippen LogP) is 4.55. The van der Waals surface area contributed by atoms with E-state index in [0.717, 1.165) is 22.6 Å². The number of carbonyl (C=O) groups is 1. The van der Waals surface area contributed by atoms with Gasteiger partial charge in [0.15, 0.2) is 5.65 Å².